The van der Waals surface area contributed by atoms with Crippen molar-refractivity contribution in [3.63, 3.8) is 0 Å². The Bertz CT molecular complexity index is 944. The summed E-state index contributed by atoms with van der Waals surface area (Å²) in [5.74, 6) is 0.681. The van der Waals surface area contributed by atoms with Gasteiger partial charge in [-0.05, 0) is 35.9 Å². The Kier molecular flexibility index (Phi) is 6.72. The molecule has 3 aromatic rings. The summed E-state index contributed by atoms with van der Waals surface area (Å²) in [5.41, 5.74) is 1.40. The number of nitrogens with one attached hydrogen (secondary N) is 1. The van der Waals surface area contributed by atoms with Gasteiger partial charge in [0.15, 0.2) is 0 Å². The fourth-order valence-electron chi connectivity index (χ4n) is 2.43. The monoisotopic (exact) mass is 393 g/mol. The molecule has 0 aliphatic rings. The second-order valence-electron chi connectivity index (χ2n) is 6.02. The van der Waals surface area contributed by atoms with E-state index in [1.54, 1.807) is 24.3 Å². The van der Waals surface area contributed by atoms with Gasteiger partial charge >= 0.3 is 5.97 Å². The average molecular weight is 393 g/mol. The quantitative estimate of drug-likeness (QED) is 0.255. The molecule has 3 rings (SSSR count). The zero-order chi connectivity index (χ0) is 20.5. The highest BCUT2D eigenvalue weighted by molar-refractivity contribution is 5.89. The third kappa shape index (κ3) is 6.03. The Balaban J connectivity index is 1.40. The van der Waals surface area contributed by atoms with Crippen LogP contribution >= 0.6 is 0 Å². The fraction of sp³-hybridized carbons (Fsp3) is 0.143. The number of carbonyl (C=O) groups is 1. The van der Waals surface area contributed by atoms with Gasteiger partial charge in [-0.1, -0.05) is 30.3 Å². The molecule has 8 nitrogen and oxygen atoms in total. The van der Waals surface area contributed by atoms with Crippen LogP contribution in [0.5, 0.6) is 5.75 Å². The van der Waals surface area contributed by atoms with Gasteiger partial charge in [-0.25, -0.2) is 9.78 Å². The number of esters is 1. The van der Waals surface area contributed by atoms with E-state index in [0.29, 0.717) is 30.3 Å². The summed E-state index contributed by atoms with van der Waals surface area (Å²) in [4.78, 5) is 26.1. The van der Waals surface area contributed by atoms with E-state index in [0.717, 1.165) is 11.8 Å². The maximum atomic E-state index is 12.1. The lowest BCUT2D eigenvalue weighted by Crippen LogP contribution is -2.14. The van der Waals surface area contributed by atoms with Gasteiger partial charge in [-0.15, -0.1) is 0 Å². The van der Waals surface area contributed by atoms with Gasteiger partial charge in [0.2, 0.25) is 0 Å². The van der Waals surface area contributed by atoms with Crippen molar-refractivity contribution in [3.8, 4) is 5.75 Å². The highest BCUT2D eigenvalue weighted by Gasteiger charge is 2.08. The number of aromatic nitrogens is 1. The number of hydrogen-bond donors (Lipinski definition) is 1. The molecule has 0 aliphatic heterocycles. The lowest BCUT2D eigenvalue weighted by molar-refractivity contribution is -0.385. The van der Waals surface area contributed by atoms with Crippen molar-refractivity contribution >= 4 is 17.5 Å². The van der Waals surface area contributed by atoms with E-state index < -0.39 is 10.9 Å². The number of nitrogens with zero attached hydrogens (tertiary/aromatic N) is 2. The highest BCUT2D eigenvalue weighted by atomic mass is 16.6. The highest BCUT2D eigenvalue weighted by Crippen LogP contribution is 2.15. The summed E-state index contributed by atoms with van der Waals surface area (Å²) in [6, 6.07) is 19.4. The first-order valence-electron chi connectivity index (χ1n) is 8.90. The molecule has 8 heteroatoms. The lowest BCUT2D eigenvalue weighted by Gasteiger charge is -2.08. The van der Waals surface area contributed by atoms with Crippen LogP contribution in [0.4, 0.5) is 11.5 Å². The number of carbonyl (C=O) groups excluding carboxylic acids is 1. The van der Waals surface area contributed by atoms with Gasteiger partial charge in [0.25, 0.3) is 5.69 Å². The molecule has 0 radical (unpaired) electrons. The number of rotatable bonds is 9. The van der Waals surface area contributed by atoms with E-state index in [-0.39, 0.29) is 12.3 Å². The molecule has 0 fully saturated rings. The Labute approximate surface area is 167 Å². The molecule has 1 heterocycles. The minimum atomic E-state index is -0.517. The van der Waals surface area contributed by atoms with Gasteiger partial charge in [0, 0.05) is 6.07 Å². The normalized spacial score (nSPS) is 10.2. The Morgan fingerprint density at radius 3 is 2.45 bits per heavy atom. The molecule has 0 aliphatic carbocycles. The van der Waals surface area contributed by atoms with Crippen LogP contribution in [-0.2, 0) is 11.3 Å². The number of ether oxygens (including phenoxy) is 2. The second kappa shape index (κ2) is 9.84. The van der Waals surface area contributed by atoms with Gasteiger partial charge < -0.3 is 14.8 Å². The maximum Gasteiger partial charge on any atom is 0.338 e. The van der Waals surface area contributed by atoms with E-state index in [1.807, 2.05) is 30.3 Å². The maximum absolute atomic E-state index is 12.1. The molecule has 148 valence electrons. The summed E-state index contributed by atoms with van der Waals surface area (Å²) < 4.78 is 10.9. The standard InChI is InChI=1S/C21H19N3O5/c25-21(28-13-12-22-20-11-8-18(14-23-20)24(26)27)17-6-9-19(10-7-17)29-15-16-4-2-1-3-5-16/h1-11,14H,12-13,15H2,(H,22,23). The summed E-state index contributed by atoms with van der Waals surface area (Å²) in [5, 5.41) is 13.5. The summed E-state index contributed by atoms with van der Waals surface area (Å²) in [6.07, 6.45) is 1.16. The van der Waals surface area contributed by atoms with Crippen LogP contribution in [0.1, 0.15) is 15.9 Å². The number of hydrogen-bond acceptors (Lipinski definition) is 7. The smallest absolute Gasteiger partial charge is 0.338 e. The zero-order valence-electron chi connectivity index (χ0n) is 15.5. The number of pyridine rings is 1. The van der Waals surface area contributed by atoms with E-state index in [2.05, 4.69) is 10.3 Å². The second-order valence-corrected chi connectivity index (χ2v) is 6.02. The number of benzene rings is 2. The van der Waals surface area contributed by atoms with Gasteiger partial charge in [-0.2, -0.15) is 0 Å². The first kappa shape index (κ1) is 19.8. The molecule has 1 aromatic heterocycles. The van der Waals surface area contributed by atoms with Gasteiger partial charge in [0.1, 0.15) is 31.0 Å². The van der Waals surface area contributed by atoms with Crippen LogP contribution in [0, 0.1) is 10.1 Å². The summed E-state index contributed by atoms with van der Waals surface area (Å²) >= 11 is 0. The van der Waals surface area contributed by atoms with Gasteiger partial charge in [0.05, 0.1) is 17.0 Å². The minimum absolute atomic E-state index is 0.0850. The first-order chi connectivity index (χ1) is 14.1. The summed E-state index contributed by atoms with van der Waals surface area (Å²) in [7, 11) is 0. The molecule has 0 unspecified atom stereocenters. The average Bonchev–Trinajstić information content (AvgIpc) is 2.76. The van der Waals surface area contributed by atoms with Crippen molar-refractivity contribution in [1.82, 2.24) is 4.98 Å². The molecular formula is C21H19N3O5. The minimum Gasteiger partial charge on any atom is -0.489 e. The number of nitro groups is 1. The van der Waals surface area contributed by atoms with E-state index >= 15 is 0 Å². The molecule has 0 atom stereocenters. The van der Waals surface area contributed by atoms with Crippen LogP contribution in [-0.4, -0.2) is 29.0 Å². The number of anilines is 1. The van der Waals surface area contributed by atoms with E-state index in [9.17, 15) is 14.9 Å². The van der Waals surface area contributed by atoms with Crippen molar-refractivity contribution in [2.24, 2.45) is 0 Å². The third-order valence-electron chi connectivity index (χ3n) is 3.94. The SMILES string of the molecule is O=C(OCCNc1ccc([N+](=O)[O-])cn1)c1ccc(OCc2ccccc2)cc1. The van der Waals surface area contributed by atoms with Crippen molar-refractivity contribution in [3.05, 3.63) is 94.2 Å². The van der Waals surface area contributed by atoms with Crippen molar-refractivity contribution in [1.29, 1.82) is 0 Å². The lowest BCUT2D eigenvalue weighted by atomic mass is 10.2. The molecule has 29 heavy (non-hydrogen) atoms. The predicted molar refractivity (Wildman–Crippen MR) is 107 cm³/mol. The van der Waals surface area contributed by atoms with Crippen LogP contribution in [0.3, 0.4) is 0 Å². The van der Waals surface area contributed by atoms with Crippen LogP contribution in [0.2, 0.25) is 0 Å². The predicted octanol–water partition coefficient (Wildman–Crippen LogP) is 3.84. The molecule has 0 saturated heterocycles. The molecule has 0 amide bonds. The van der Waals surface area contributed by atoms with Crippen molar-refractivity contribution in [2.45, 2.75) is 6.61 Å². The van der Waals surface area contributed by atoms with Gasteiger partial charge in [-0.3, -0.25) is 10.1 Å². The Morgan fingerprint density at radius 2 is 1.79 bits per heavy atom. The van der Waals surface area contributed by atoms with Crippen molar-refractivity contribution in [2.75, 3.05) is 18.5 Å². The molecule has 0 bridgehead atoms. The van der Waals surface area contributed by atoms with Crippen LogP contribution in [0.15, 0.2) is 72.9 Å². The Morgan fingerprint density at radius 1 is 1.03 bits per heavy atom. The van der Waals surface area contributed by atoms with Crippen LogP contribution in [0.25, 0.3) is 0 Å². The topological polar surface area (TPSA) is 104 Å². The fourth-order valence-corrected chi connectivity index (χ4v) is 2.43. The molecule has 1 N–H and O–H groups in total. The van der Waals surface area contributed by atoms with E-state index in [4.69, 9.17) is 9.47 Å². The largest absolute Gasteiger partial charge is 0.489 e. The zero-order valence-corrected chi connectivity index (χ0v) is 15.5. The first-order valence-corrected chi connectivity index (χ1v) is 8.90. The van der Waals surface area contributed by atoms with Crippen molar-refractivity contribution < 1.29 is 19.2 Å². The molecule has 0 saturated carbocycles. The summed E-state index contributed by atoms with van der Waals surface area (Å²) in [6.45, 7) is 0.908. The van der Waals surface area contributed by atoms with Crippen LogP contribution < -0.4 is 10.1 Å². The third-order valence-corrected chi connectivity index (χ3v) is 3.94. The Hall–Kier alpha value is -3.94. The molecule has 0 spiro atoms. The molecular weight excluding hydrogens is 374 g/mol. The van der Waals surface area contributed by atoms with E-state index in [1.165, 1.54) is 12.1 Å². The molecule has 2 aromatic carbocycles.